The zero-order valence-electron chi connectivity index (χ0n) is 11.4. The average molecular weight is 264 g/mol. The molecular weight excluding hydrogens is 244 g/mol. The topological polar surface area (TPSA) is 90.1 Å². The molecule has 0 spiro atoms. The fourth-order valence-corrected chi connectivity index (χ4v) is 2.26. The zero-order valence-corrected chi connectivity index (χ0v) is 11.4. The molecule has 1 unspecified atom stereocenters. The van der Waals surface area contributed by atoms with Crippen molar-refractivity contribution in [3.8, 4) is 0 Å². The fraction of sp³-hybridized carbons (Fsp3) is 0.615. The maximum atomic E-state index is 11.6. The van der Waals surface area contributed by atoms with Crippen LogP contribution in [0.2, 0.25) is 0 Å². The van der Waals surface area contributed by atoms with Crippen LogP contribution in [0.3, 0.4) is 0 Å². The van der Waals surface area contributed by atoms with Gasteiger partial charge >= 0.3 is 5.97 Å². The number of hydrogen-bond acceptors (Lipinski definition) is 6. The van der Waals surface area contributed by atoms with Crippen molar-refractivity contribution in [2.45, 2.75) is 45.6 Å². The van der Waals surface area contributed by atoms with Crippen LogP contribution < -0.4 is 11.1 Å². The molecule has 0 bridgehead atoms. The second-order valence-corrected chi connectivity index (χ2v) is 4.68. The average Bonchev–Trinajstić information content (AvgIpc) is 2.38. The zero-order chi connectivity index (χ0) is 13.8. The smallest absolute Gasteiger partial charge is 0.328 e. The third-order valence-corrected chi connectivity index (χ3v) is 3.19. The number of nitrogens with zero attached hydrogens (tertiary/aromatic N) is 2. The first-order chi connectivity index (χ1) is 9.11. The number of carbonyl (C=O) groups is 1. The highest BCUT2D eigenvalue weighted by Crippen LogP contribution is 2.26. The number of aryl methyl sites for hydroxylation is 1. The lowest BCUT2D eigenvalue weighted by Crippen LogP contribution is -2.30. The van der Waals surface area contributed by atoms with E-state index >= 15 is 0 Å². The van der Waals surface area contributed by atoms with Gasteiger partial charge < -0.3 is 15.8 Å². The summed E-state index contributed by atoms with van der Waals surface area (Å²) in [5.41, 5.74) is 7.79. The summed E-state index contributed by atoms with van der Waals surface area (Å²) in [5, 5.41) is 3.09. The summed E-state index contributed by atoms with van der Waals surface area (Å²) in [7, 11) is 0. The van der Waals surface area contributed by atoms with Gasteiger partial charge in [-0.1, -0.05) is 0 Å². The van der Waals surface area contributed by atoms with Crippen molar-refractivity contribution in [1.29, 1.82) is 0 Å². The van der Waals surface area contributed by atoms with Crippen LogP contribution >= 0.6 is 0 Å². The molecule has 1 aromatic heterocycles. The summed E-state index contributed by atoms with van der Waals surface area (Å²) in [5.74, 6) is 0.631. The summed E-state index contributed by atoms with van der Waals surface area (Å²) >= 11 is 0. The van der Waals surface area contributed by atoms with Gasteiger partial charge in [0.05, 0.1) is 12.3 Å². The lowest BCUT2D eigenvalue weighted by atomic mass is 9.96. The van der Waals surface area contributed by atoms with E-state index in [1.165, 1.54) is 0 Å². The predicted molar refractivity (Wildman–Crippen MR) is 72.8 cm³/mol. The Kier molecular flexibility index (Phi) is 4.19. The van der Waals surface area contributed by atoms with Gasteiger partial charge in [-0.25, -0.2) is 9.78 Å². The molecule has 3 N–H and O–H groups in total. The Labute approximate surface area is 112 Å². The molecular formula is C13H20N4O2. The quantitative estimate of drug-likeness (QED) is 0.797. The van der Waals surface area contributed by atoms with Crippen molar-refractivity contribution in [3.63, 3.8) is 0 Å². The van der Waals surface area contributed by atoms with Crippen LogP contribution in [0.5, 0.6) is 0 Å². The number of anilines is 2. The molecule has 0 aliphatic heterocycles. The molecule has 1 aromatic rings. The fourth-order valence-electron chi connectivity index (χ4n) is 2.26. The number of aromatic nitrogens is 2. The maximum Gasteiger partial charge on any atom is 0.328 e. The molecule has 19 heavy (non-hydrogen) atoms. The number of nitrogens with two attached hydrogens (primary N) is 1. The lowest BCUT2D eigenvalue weighted by molar-refractivity contribution is -0.143. The second-order valence-electron chi connectivity index (χ2n) is 4.68. The van der Waals surface area contributed by atoms with E-state index in [9.17, 15) is 4.79 Å². The number of carbonyl (C=O) groups excluding carboxylic acids is 1. The van der Waals surface area contributed by atoms with Crippen LogP contribution in [0, 0.1) is 0 Å². The van der Waals surface area contributed by atoms with E-state index in [4.69, 9.17) is 10.5 Å². The Balaban J connectivity index is 2.20. The Hall–Kier alpha value is -1.85. The van der Waals surface area contributed by atoms with E-state index in [2.05, 4.69) is 15.3 Å². The molecule has 0 saturated carbocycles. The minimum Gasteiger partial charge on any atom is -0.464 e. The highest BCUT2D eigenvalue weighted by molar-refractivity contribution is 5.78. The Morgan fingerprint density at radius 2 is 2.16 bits per heavy atom. The molecule has 1 atom stereocenters. The normalized spacial score (nSPS) is 15.5. The van der Waals surface area contributed by atoms with Gasteiger partial charge in [0.25, 0.3) is 0 Å². The molecule has 1 aliphatic rings. The van der Waals surface area contributed by atoms with E-state index in [0.29, 0.717) is 12.4 Å². The third kappa shape index (κ3) is 3.13. The molecule has 6 heteroatoms. The number of esters is 1. The number of hydrogen-bond donors (Lipinski definition) is 2. The molecule has 104 valence electrons. The van der Waals surface area contributed by atoms with Gasteiger partial charge in [0, 0.05) is 5.56 Å². The van der Waals surface area contributed by atoms with E-state index in [-0.39, 0.29) is 11.9 Å². The number of fused-ring (bicyclic) bond motifs is 1. The van der Waals surface area contributed by atoms with Gasteiger partial charge in [-0.15, -0.1) is 0 Å². The highest BCUT2D eigenvalue weighted by atomic mass is 16.5. The maximum absolute atomic E-state index is 11.6. The van der Waals surface area contributed by atoms with E-state index in [1.807, 2.05) is 0 Å². The monoisotopic (exact) mass is 264 g/mol. The molecule has 0 saturated heterocycles. The highest BCUT2D eigenvalue weighted by Gasteiger charge is 2.21. The van der Waals surface area contributed by atoms with Crippen molar-refractivity contribution >= 4 is 17.7 Å². The van der Waals surface area contributed by atoms with Crippen LogP contribution in [0.4, 0.5) is 11.8 Å². The van der Waals surface area contributed by atoms with Crippen LogP contribution in [-0.4, -0.2) is 28.6 Å². The summed E-state index contributed by atoms with van der Waals surface area (Å²) in [4.78, 5) is 20.1. The van der Waals surface area contributed by atoms with Crippen LogP contribution in [0.25, 0.3) is 0 Å². The minimum absolute atomic E-state index is 0.249. The summed E-state index contributed by atoms with van der Waals surface area (Å²) in [6, 6.07) is -0.444. The van der Waals surface area contributed by atoms with Gasteiger partial charge in [-0.05, 0) is 39.5 Å². The Morgan fingerprint density at radius 3 is 2.89 bits per heavy atom. The van der Waals surface area contributed by atoms with Crippen LogP contribution in [-0.2, 0) is 22.4 Å². The predicted octanol–water partition coefficient (Wildman–Crippen LogP) is 1.30. The van der Waals surface area contributed by atoms with E-state index in [0.717, 1.165) is 36.9 Å². The number of rotatable bonds is 4. The Bertz CT molecular complexity index is 476. The summed E-state index contributed by atoms with van der Waals surface area (Å²) < 4.78 is 4.97. The molecule has 0 fully saturated rings. The van der Waals surface area contributed by atoms with Gasteiger partial charge in [-0.2, -0.15) is 4.98 Å². The standard InChI is InChI=1S/C13H20N4O2/c1-3-19-12(18)8(2)15-11-9-6-4-5-7-10(9)16-13(14)17-11/h8H,3-7H2,1-2H3,(H3,14,15,16,17). The third-order valence-electron chi connectivity index (χ3n) is 3.19. The number of ether oxygens (including phenoxy) is 1. The van der Waals surface area contributed by atoms with Crippen molar-refractivity contribution in [3.05, 3.63) is 11.3 Å². The minimum atomic E-state index is -0.444. The molecule has 1 heterocycles. The first-order valence-corrected chi connectivity index (χ1v) is 6.70. The molecule has 0 amide bonds. The number of nitrogens with one attached hydrogen (secondary N) is 1. The van der Waals surface area contributed by atoms with Gasteiger partial charge in [0.2, 0.25) is 5.95 Å². The molecule has 0 radical (unpaired) electrons. The van der Waals surface area contributed by atoms with Gasteiger partial charge in [0.15, 0.2) is 0 Å². The van der Waals surface area contributed by atoms with Crippen LogP contribution in [0.15, 0.2) is 0 Å². The lowest BCUT2D eigenvalue weighted by Gasteiger charge is -2.21. The van der Waals surface area contributed by atoms with Crippen LogP contribution in [0.1, 0.15) is 37.9 Å². The molecule has 6 nitrogen and oxygen atoms in total. The van der Waals surface area contributed by atoms with Crippen molar-refractivity contribution in [2.24, 2.45) is 0 Å². The van der Waals surface area contributed by atoms with E-state index < -0.39 is 6.04 Å². The first kappa shape index (κ1) is 13.6. The van der Waals surface area contributed by atoms with Crippen molar-refractivity contribution < 1.29 is 9.53 Å². The van der Waals surface area contributed by atoms with Gasteiger partial charge in [-0.3, -0.25) is 0 Å². The van der Waals surface area contributed by atoms with Crippen molar-refractivity contribution in [1.82, 2.24) is 9.97 Å². The molecule has 1 aliphatic carbocycles. The SMILES string of the molecule is CCOC(=O)C(C)Nc1nc(N)nc2c1CCCC2. The Morgan fingerprint density at radius 1 is 1.42 bits per heavy atom. The summed E-state index contributed by atoms with van der Waals surface area (Å²) in [6.07, 6.45) is 4.08. The molecule has 2 rings (SSSR count). The number of nitrogen functional groups attached to an aromatic ring is 1. The summed E-state index contributed by atoms with van der Waals surface area (Å²) in [6.45, 7) is 3.91. The van der Waals surface area contributed by atoms with Gasteiger partial charge in [0.1, 0.15) is 11.9 Å². The van der Waals surface area contributed by atoms with E-state index in [1.54, 1.807) is 13.8 Å². The first-order valence-electron chi connectivity index (χ1n) is 6.70. The second kappa shape index (κ2) is 5.86. The largest absolute Gasteiger partial charge is 0.464 e. The van der Waals surface area contributed by atoms with Crippen molar-refractivity contribution in [2.75, 3.05) is 17.7 Å². The molecule has 0 aromatic carbocycles.